The maximum atomic E-state index is 5.16. The van der Waals surface area contributed by atoms with Crippen LogP contribution < -0.4 is 5.32 Å². The second-order valence-corrected chi connectivity index (χ2v) is 5.98. The van der Waals surface area contributed by atoms with Gasteiger partial charge in [-0.15, -0.1) is 12.6 Å². The molecule has 1 N–H and O–H groups in total. The predicted octanol–water partition coefficient (Wildman–Crippen LogP) is 3.48. The smallest absolute Gasteiger partial charge is 0.0698 e. The van der Waals surface area contributed by atoms with Gasteiger partial charge in [0.25, 0.3) is 0 Å². The normalized spacial score (nSPS) is 16.8. The molecular formula is C12H19NS2. The van der Waals surface area contributed by atoms with Crippen LogP contribution in [0.3, 0.4) is 0 Å². The molecule has 0 spiro atoms. The number of rotatable bonds is 4. The summed E-state index contributed by atoms with van der Waals surface area (Å²) in [6, 6.07) is 0. The van der Waals surface area contributed by atoms with Crippen molar-refractivity contribution >= 4 is 29.7 Å². The Morgan fingerprint density at radius 3 is 2.47 bits per heavy atom. The van der Waals surface area contributed by atoms with Crippen LogP contribution in [-0.4, -0.2) is 11.4 Å². The van der Waals surface area contributed by atoms with Gasteiger partial charge in [-0.25, -0.2) is 0 Å². The Morgan fingerprint density at radius 1 is 1.40 bits per heavy atom. The van der Waals surface area contributed by atoms with E-state index in [0.717, 1.165) is 34.0 Å². The van der Waals surface area contributed by atoms with Crippen LogP contribution in [0.1, 0.15) is 33.6 Å². The topological polar surface area (TPSA) is 12.0 Å². The van der Waals surface area contributed by atoms with Crippen molar-refractivity contribution in [3.8, 4) is 0 Å². The molecule has 1 aliphatic rings. The average Bonchev–Trinajstić information content (AvgIpc) is 2.14. The van der Waals surface area contributed by atoms with Gasteiger partial charge in [-0.2, -0.15) is 0 Å². The number of hydrogen-bond donors (Lipinski definition) is 2. The monoisotopic (exact) mass is 241 g/mol. The van der Waals surface area contributed by atoms with E-state index >= 15 is 0 Å². The Bertz CT molecular complexity index is 321. The molecule has 15 heavy (non-hydrogen) atoms. The Balaban J connectivity index is 2.29. The zero-order chi connectivity index (χ0) is 11.6. The minimum Gasteiger partial charge on any atom is -0.383 e. The number of thiocarbonyl (C=S) groups is 1. The van der Waals surface area contributed by atoms with Crippen LogP contribution in [0.4, 0.5) is 0 Å². The number of allylic oxidation sites excluding steroid dienone is 2. The number of nitrogens with one attached hydrogen (secondary N) is 1. The fraction of sp³-hybridized carbons (Fsp3) is 0.583. The van der Waals surface area contributed by atoms with Crippen molar-refractivity contribution < 1.29 is 0 Å². The van der Waals surface area contributed by atoms with Gasteiger partial charge in [-0.05, 0) is 18.3 Å². The first-order valence-corrected chi connectivity index (χ1v) is 6.09. The molecule has 84 valence electrons. The molecule has 0 atom stereocenters. The highest BCUT2D eigenvalue weighted by molar-refractivity contribution is 7.86. The lowest BCUT2D eigenvalue weighted by Gasteiger charge is -2.26. The van der Waals surface area contributed by atoms with E-state index in [4.69, 9.17) is 12.2 Å². The third-order valence-electron chi connectivity index (χ3n) is 2.43. The molecule has 0 aliphatic heterocycles. The van der Waals surface area contributed by atoms with Crippen LogP contribution in [0, 0.1) is 5.41 Å². The average molecular weight is 241 g/mol. The summed E-state index contributed by atoms with van der Waals surface area (Å²) in [5.74, 6) is 0. The second-order valence-electron chi connectivity index (χ2n) is 5.12. The molecule has 1 rings (SSSR count). The van der Waals surface area contributed by atoms with Crippen molar-refractivity contribution in [1.29, 1.82) is 0 Å². The van der Waals surface area contributed by atoms with Crippen molar-refractivity contribution in [1.82, 2.24) is 5.32 Å². The van der Waals surface area contributed by atoms with Crippen molar-refractivity contribution in [3.05, 3.63) is 22.8 Å². The molecule has 0 fully saturated rings. The standard InChI is InChI=1S/C12H19NS2/c1-8-10(14)9(11(8)15)13-7-5-6-12(2,3)4/h13-14H,1,5-7H2,2-4H3. The minimum atomic E-state index is 0.406. The molecule has 0 bridgehead atoms. The lowest BCUT2D eigenvalue weighted by molar-refractivity contribution is 0.364. The van der Waals surface area contributed by atoms with Gasteiger partial charge in [0.2, 0.25) is 0 Å². The van der Waals surface area contributed by atoms with Gasteiger partial charge in [0.15, 0.2) is 0 Å². The highest BCUT2D eigenvalue weighted by Crippen LogP contribution is 2.31. The summed E-state index contributed by atoms with van der Waals surface area (Å²) < 4.78 is 0. The molecule has 0 aromatic heterocycles. The Labute approximate surface area is 103 Å². The summed E-state index contributed by atoms with van der Waals surface area (Å²) in [7, 11) is 0. The van der Waals surface area contributed by atoms with Crippen LogP contribution in [-0.2, 0) is 0 Å². The summed E-state index contributed by atoms with van der Waals surface area (Å²) >= 11 is 9.48. The largest absolute Gasteiger partial charge is 0.383 e. The van der Waals surface area contributed by atoms with Crippen molar-refractivity contribution in [2.75, 3.05) is 6.54 Å². The van der Waals surface area contributed by atoms with Gasteiger partial charge in [-0.3, -0.25) is 0 Å². The maximum Gasteiger partial charge on any atom is 0.0698 e. The van der Waals surface area contributed by atoms with E-state index in [1.54, 1.807) is 0 Å². The number of thiol groups is 1. The van der Waals surface area contributed by atoms with Crippen molar-refractivity contribution in [2.24, 2.45) is 5.41 Å². The fourth-order valence-electron chi connectivity index (χ4n) is 1.45. The lowest BCUT2D eigenvalue weighted by Crippen LogP contribution is -2.30. The number of hydrogen-bond acceptors (Lipinski definition) is 3. The molecule has 0 amide bonds. The van der Waals surface area contributed by atoms with E-state index in [0.29, 0.717) is 5.41 Å². The molecule has 1 aliphatic carbocycles. The second kappa shape index (κ2) is 4.71. The maximum absolute atomic E-state index is 5.16. The van der Waals surface area contributed by atoms with Crippen molar-refractivity contribution in [3.63, 3.8) is 0 Å². The molecule has 0 heterocycles. The van der Waals surface area contributed by atoms with E-state index in [2.05, 4.69) is 45.3 Å². The van der Waals surface area contributed by atoms with E-state index in [1.807, 2.05) is 0 Å². The molecule has 0 aromatic rings. The van der Waals surface area contributed by atoms with Gasteiger partial charge < -0.3 is 5.32 Å². The first-order valence-electron chi connectivity index (χ1n) is 5.24. The summed E-state index contributed by atoms with van der Waals surface area (Å²) in [6.45, 7) is 11.6. The fourth-order valence-corrected chi connectivity index (χ4v) is 2.18. The SMILES string of the molecule is C=C1C(=S)C(NCCCC(C)(C)C)=C1S. The van der Waals surface area contributed by atoms with Crippen LogP contribution >= 0.6 is 24.8 Å². The van der Waals surface area contributed by atoms with E-state index < -0.39 is 0 Å². The third-order valence-corrected chi connectivity index (χ3v) is 3.37. The van der Waals surface area contributed by atoms with Crippen LogP contribution in [0.25, 0.3) is 0 Å². The molecule has 0 unspecified atom stereocenters. The van der Waals surface area contributed by atoms with Gasteiger partial charge in [0.05, 0.1) is 10.6 Å². The first kappa shape index (κ1) is 12.8. The highest BCUT2D eigenvalue weighted by Gasteiger charge is 2.24. The van der Waals surface area contributed by atoms with Gasteiger partial charge >= 0.3 is 0 Å². The van der Waals surface area contributed by atoms with Gasteiger partial charge in [0.1, 0.15) is 0 Å². The van der Waals surface area contributed by atoms with Gasteiger partial charge in [-0.1, -0.05) is 39.6 Å². The van der Waals surface area contributed by atoms with Crippen LogP contribution in [0.15, 0.2) is 22.8 Å². The molecule has 0 aromatic carbocycles. The molecule has 0 saturated carbocycles. The molecule has 1 nitrogen and oxygen atoms in total. The molecule has 3 heteroatoms. The predicted molar refractivity (Wildman–Crippen MR) is 74.4 cm³/mol. The summed E-state index contributed by atoms with van der Waals surface area (Å²) in [5.41, 5.74) is 2.31. The Hall–Kier alpha value is -0.280. The molecular weight excluding hydrogens is 222 g/mol. The van der Waals surface area contributed by atoms with Crippen LogP contribution in [0.5, 0.6) is 0 Å². The van der Waals surface area contributed by atoms with E-state index in [-0.39, 0.29) is 0 Å². The van der Waals surface area contributed by atoms with E-state index in [1.165, 1.54) is 6.42 Å². The third kappa shape index (κ3) is 3.35. The van der Waals surface area contributed by atoms with Gasteiger partial charge in [0, 0.05) is 17.0 Å². The van der Waals surface area contributed by atoms with Crippen LogP contribution in [0.2, 0.25) is 0 Å². The first-order chi connectivity index (χ1) is 6.83. The zero-order valence-corrected chi connectivity index (χ0v) is 11.4. The summed E-state index contributed by atoms with van der Waals surface area (Å²) in [6.07, 6.45) is 2.37. The highest BCUT2D eigenvalue weighted by atomic mass is 32.1. The zero-order valence-electron chi connectivity index (χ0n) is 9.68. The Morgan fingerprint density at radius 2 is 2.00 bits per heavy atom. The summed E-state index contributed by atoms with van der Waals surface area (Å²) in [4.78, 5) is 1.77. The molecule has 0 radical (unpaired) electrons. The van der Waals surface area contributed by atoms with E-state index in [9.17, 15) is 0 Å². The molecule has 0 saturated heterocycles. The lowest BCUT2D eigenvalue weighted by atomic mass is 9.90. The summed E-state index contributed by atoms with van der Waals surface area (Å²) in [5, 5.41) is 3.32. The Kier molecular flexibility index (Phi) is 4.01. The quantitative estimate of drug-likeness (QED) is 0.338. The van der Waals surface area contributed by atoms with Crippen molar-refractivity contribution in [2.45, 2.75) is 33.6 Å². The minimum absolute atomic E-state index is 0.406.